The largest absolute Gasteiger partial charge is 0.493 e. The van der Waals surface area contributed by atoms with Crippen molar-refractivity contribution in [2.75, 3.05) is 26.9 Å². The number of methoxy groups -OCH3 is 1. The number of ether oxygens (including phenoxy) is 3. The first-order chi connectivity index (χ1) is 9.87. The van der Waals surface area contributed by atoms with Crippen LogP contribution in [0.5, 0.6) is 11.5 Å². The van der Waals surface area contributed by atoms with Gasteiger partial charge >= 0.3 is 0 Å². The van der Waals surface area contributed by atoms with Crippen molar-refractivity contribution in [1.29, 1.82) is 0 Å². The Hall–Kier alpha value is -0.780. The van der Waals surface area contributed by atoms with Gasteiger partial charge in [-0.3, -0.25) is 0 Å². The summed E-state index contributed by atoms with van der Waals surface area (Å²) in [4.78, 5) is 0. The van der Waals surface area contributed by atoms with Gasteiger partial charge in [-0.05, 0) is 60.9 Å². The zero-order valence-electron chi connectivity index (χ0n) is 13.6. The molecule has 1 rings (SSSR count). The fourth-order valence-corrected chi connectivity index (χ4v) is 2.38. The van der Waals surface area contributed by atoms with Gasteiger partial charge in [0.1, 0.15) is 6.61 Å². The zero-order valence-corrected chi connectivity index (χ0v) is 15.2. The lowest BCUT2D eigenvalue weighted by atomic mass is 10.2. The van der Waals surface area contributed by atoms with Gasteiger partial charge in [-0.2, -0.15) is 0 Å². The Balaban J connectivity index is 2.68. The molecule has 0 spiro atoms. The Labute approximate surface area is 136 Å². The summed E-state index contributed by atoms with van der Waals surface area (Å²) in [6.45, 7) is 10.9. The molecule has 0 aliphatic rings. The minimum Gasteiger partial charge on any atom is -0.493 e. The van der Waals surface area contributed by atoms with Crippen LogP contribution in [0.25, 0.3) is 0 Å². The van der Waals surface area contributed by atoms with Gasteiger partial charge < -0.3 is 19.5 Å². The van der Waals surface area contributed by atoms with Crippen LogP contribution in [-0.4, -0.2) is 32.5 Å². The molecule has 0 bridgehead atoms. The average molecular weight is 360 g/mol. The lowest BCUT2D eigenvalue weighted by Gasteiger charge is -2.20. The van der Waals surface area contributed by atoms with Crippen molar-refractivity contribution in [2.45, 2.75) is 39.8 Å². The van der Waals surface area contributed by atoms with E-state index in [0.717, 1.165) is 34.6 Å². The van der Waals surface area contributed by atoms with E-state index in [0.29, 0.717) is 13.2 Å². The van der Waals surface area contributed by atoms with Gasteiger partial charge in [-0.15, -0.1) is 0 Å². The summed E-state index contributed by atoms with van der Waals surface area (Å²) >= 11 is 3.55. The van der Waals surface area contributed by atoms with Gasteiger partial charge in [0.15, 0.2) is 11.5 Å². The Morgan fingerprint density at radius 2 is 1.90 bits per heavy atom. The molecule has 0 aromatic heterocycles. The van der Waals surface area contributed by atoms with Crippen LogP contribution >= 0.6 is 15.9 Å². The molecule has 21 heavy (non-hydrogen) atoms. The minimum absolute atomic E-state index is 0.152. The number of hydrogen-bond donors (Lipinski definition) is 1. The first kappa shape index (κ1) is 18.3. The van der Waals surface area contributed by atoms with Gasteiger partial charge in [-0.25, -0.2) is 0 Å². The second-order valence-electron chi connectivity index (χ2n) is 5.70. The summed E-state index contributed by atoms with van der Waals surface area (Å²) in [7, 11) is 1.65. The average Bonchev–Trinajstić information content (AvgIpc) is 2.41. The van der Waals surface area contributed by atoms with Crippen LogP contribution in [0.2, 0.25) is 0 Å². The molecule has 0 amide bonds. The van der Waals surface area contributed by atoms with Crippen LogP contribution in [0.3, 0.4) is 0 Å². The van der Waals surface area contributed by atoms with Gasteiger partial charge in [0.25, 0.3) is 0 Å². The Morgan fingerprint density at radius 3 is 2.48 bits per heavy atom. The van der Waals surface area contributed by atoms with Gasteiger partial charge in [0.05, 0.1) is 23.8 Å². The fourth-order valence-electron chi connectivity index (χ4n) is 1.78. The number of nitrogens with one attached hydrogen (secondary N) is 1. The number of hydrogen-bond acceptors (Lipinski definition) is 4. The van der Waals surface area contributed by atoms with Crippen LogP contribution in [0.15, 0.2) is 16.6 Å². The van der Waals surface area contributed by atoms with Crippen molar-refractivity contribution in [1.82, 2.24) is 5.32 Å². The fraction of sp³-hybridized carbons (Fsp3) is 0.625. The van der Waals surface area contributed by atoms with Crippen LogP contribution in [0.4, 0.5) is 0 Å². The van der Waals surface area contributed by atoms with Crippen molar-refractivity contribution in [3.8, 4) is 11.5 Å². The summed E-state index contributed by atoms with van der Waals surface area (Å²) < 4.78 is 17.8. The smallest absolute Gasteiger partial charge is 0.175 e. The highest BCUT2D eigenvalue weighted by molar-refractivity contribution is 9.10. The van der Waals surface area contributed by atoms with Gasteiger partial charge in [0.2, 0.25) is 0 Å². The second-order valence-corrected chi connectivity index (χ2v) is 6.55. The van der Waals surface area contributed by atoms with E-state index in [1.807, 2.05) is 32.9 Å². The summed E-state index contributed by atoms with van der Waals surface area (Å²) in [5.41, 5.74) is 0.999. The first-order valence-electron chi connectivity index (χ1n) is 7.21. The van der Waals surface area contributed by atoms with E-state index in [4.69, 9.17) is 14.2 Å². The Kier molecular flexibility index (Phi) is 7.49. The van der Waals surface area contributed by atoms with Crippen LogP contribution in [0, 0.1) is 0 Å². The third-order valence-corrected chi connectivity index (χ3v) is 3.32. The third kappa shape index (κ3) is 6.68. The molecule has 1 aromatic carbocycles. The molecule has 0 saturated carbocycles. The van der Waals surface area contributed by atoms with Crippen molar-refractivity contribution in [2.24, 2.45) is 0 Å². The summed E-state index contributed by atoms with van der Waals surface area (Å²) in [5.74, 6) is 1.45. The molecular weight excluding hydrogens is 334 g/mol. The highest BCUT2D eigenvalue weighted by Gasteiger charge is 2.13. The molecule has 0 atom stereocenters. The molecule has 0 heterocycles. The van der Waals surface area contributed by atoms with E-state index in [-0.39, 0.29) is 5.60 Å². The van der Waals surface area contributed by atoms with Crippen molar-refractivity contribution in [3.63, 3.8) is 0 Å². The van der Waals surface area contributed by atoms with E-state index in [1.54, 1.807) is 7.11 Å². The summed E-state index contributed by atoms with van der Waals surface area (Å²) in [6.07, 6.45) is 0. The van der Waals surface area contributed by atoms with Gasteiger partial charge in [0, 0.05) is 6.54 Å². The zero-order chi connectivity index (χ0) is 15.9. The normalized spacial score (nSPS) is 11.5. The second kappa shape index (κ2) is 8.61. The molecule has 0 radical (unpaired) electrons. The van der Waals surface area contributed by atoms with Crippen molar-refractivity contribution in [3.05, 3.63) is 22.2 Å². The van der Waals surface area contributed by atoms with E-state index in [2.05, 4.69) is 28.2 Å². The molecule has 0 aliphatic carbocycles. The first-order valence-corrected chi connectivity index (χ1v) is 8.00. The summed E-state index contributed by atoms with van der Waals surface area (Å²) in [5, 5.41) is 3.29. The summed E-state index contributed by atoms with van der Waals surface area (Å²) in [6, 6.07) is 4.04. The monoisotopic (exact) mass is 359 g/mol. The standard InChI is InChI=1S/C16H26BrNO3/c1-6-18-11-12-9-13(17)15(14(10-12)19-5)20-7-8-21-16(2,3)4/h9-10,18H,6-8,11H2,1-5H3. The van der Waals surface area contributed by atoms with Crippen molar-refractivity contribution >= 4 is 15.9 Å². The minimum atomic E-state index is -0.152. The molecule has 1 aromatic rings. The Bertz CT molecular complexity index is 444. The molecule has 4 nitrogen and oxygen atoms in total. The quantitative estimate of drug-likeness (QED) is 0.717. The molecule has 0 aliphatic heterocycles. The molecule has 1 N–H and O–H groups in total. The van der Waals surface area contributed by atoms with E-state index in [1.165, 1.54) is 0 Å². The lowest BCUT2D eigenvalue weighted by Crippen LogP contribution is -2.22. The molecule has 0 unspecified atom stereocenters. The van der Waals surface area contributed by atoms with Gasteiger partial charge in [-0.1, -0.05) is 6.92 Å². The van der Waals surface area contributed by atoms with E-state index < -0.39 is 0 Å². The maximum atomic E-state index is 5.80. The predicted octanol–water partition coefficient (Wildman–Crippen LogP) is 3.76. The molecule has 0 saturated heterocycles. The van der Waals surface area contributed by atoms with Crippen LogP contribution in [0.1, 0.15) is 33.3 Å². The molecule has 0 fully saturated rings. The number of rotatable bonds is 8. The highest BCUT2D eigenvalue weighted by Crippen LogP contribution is 2.36. The lowest BCUT2D eigenvalue weighted by molar-refractivity contribution is -0.0166. The van der Waals surface area contributed by atoms with Crippen LogP contribution in [-0.2, 0) is 11.3 Å². The maximum absolute atomic E-state index is 5.80. The predicted molar refractivity (Wildman–Crippen MR) is 89.3 cm³/mol. The third-order valence-electron chi connectivity index (χ3n) is 2.73. The van der Waals surface area contributed by atoms with E-state index >= 15 is 0 Å². The Morgan fingerprint density at radius 1 is 1.19 bits per heavy atom. The molecule has 120 valence electrons. The maximum Gasteiger partial charge on any atom is 0.175 e. The topological polar surface area (TPSA) is 39.7 Å². The SMILES string of the molecule is CCNCc1cc(Br)c(OCCOC(C)(C)C)c(OC)c1. The van der Waals surface area contributed by atoms with Crippen molar-refractivity contribution < 1.29 is 14.2 Å². The molecular formula is C16H26BrNO3. The van der Waals surface area contributed by atoms with Crippen LogP contribution < -0.4 is 14.8 Å². The number of benzene rings is 1. The highest BCUT2D eigenvalue weighted by atomic mass is 79.9. The molecule has 5 heteroatoms. The van der Waals surface area contributed by atoms with E-state index in [9.17, 15) is 0 Å². The number of halogens is 1.